The van der Waals surface area contributed by atoms with Crippen molar-refractivity contribution < 1.29 is 4.74 Å². The Hall–Kier alpha value is -0.570. The molecule has 1 rings (SSSR count). The van der Waals surface area contributed by atoms with E-state index in [1.165, 1.54) is 5.56 Å². The van der Waals surface area contributed by atoms with Crippen molar-refractivity contribution >= 4 is 11.6 Å². The molecule has 1 aromatic rings. The molecule has 1 N–H and O–H groups in total. The van der Waals surface area contributed by atoms with Crippen LogP contribution in [-0.2, 0) is 11.2 Å². The Balaban J connectivity index is 2.38. The van der Waals surface area contributed by atoms with Gasteiger partial charge in [-0.3, -0.25) is 0 Å². The van der Waals surface area contributed by atoms with Gasteiger partial charge in [-0.25, -0.2) is 0 Å². The Morgan fingerprint density at radius 2 is 1.86 bits per heavy atom. The largest absolute Gasteiger partial charge is 0.381 e. The van der Waals surface area contributed by atoms with Crippen LogP contribution in [0.4, 0.5) is 0 Å². The molecule has 0 bridgehead atoms. The second kappa shape index (κ2) is 11.1. The van der Waals surface area contributed by atoms with E-state index in [0.717, 1.165) is 50.6 Å². The number of ether oxygens (including phenoxy) is 1. The van der Waals surface area contributed by atoms with Gasteiger partial charge in [-0.2, -0.15) is 0 Å². The molecule has 0 saturated carbocycles. The summed E-state index contributed by atoms with van der Waals surface area (Å²) in [5, 5.41) is 4.32. The average molecular weight is 312 g/mol. The molecule has 0 amide bonds. The quantitative estimate of drug-likeness (QED) is 0.605. The molecule has 0 fully saturated rings. The third-order valence-corrected chi connectivity index (χ3v) is 4.03. The molecule has 2 nitrogen and oxygen atoms in total. The minimum atomic E-state index is 0.573. The van der Waals surface area contributed by atoms with Gasteiger partial charge in [0.25, 0.3) is 0 Å². The summed E-state index contributed by atoms with van der Waals surface area (Å²) in [4.78, 5) is 0. The molecule has 0 saturated heterocycles. The summed E-state index contributed by atoms with van der Waals surface area (Å²) in [6.07, 6.45) is 3.24. The molecule has 120 valence electrons. The molecule has 1 atom stereocenters. The van der Waals surface area contributed by atoms with Crippen molar-refractivity contribution in [1.82, 2.24) is 5.32 Å². The van der Waals surface area contributed by atoms with E-state index in [1.807, 2.05) is 12.1 Å². The third-order valence-electron chi connectivity index (χ3n) is 3.66. The maximum atomic E-state index is 6.27. The first-order chi connectivity index (χ1) is 10.1. The number of rotatable bonds is 11. The number of benzene rings is 1. The van der Waals surface area contributed by atoms with E-state index < -0.39 is 0 Å². The van der Waals surface area contributed by atoms with Gasteiger partial charge in [0.05, 0.1) is 0 Å². The third kappa shape index (κ3) is 8.45. The number of hydrogen-bond donors (Lipinski definition) is 1. The summed E-state index contributed by atoms with van der Waals surface area (Å²) in [7, 11) is 0. The lowest BCUT2D eigenvalue weighted by Gasteiger charge is -2.18. The summed E-state index contributed by atoms with van der Waals surface area (Å²) in [5.41, 5.74) is 1.24. The summed E-state index contributed by atoms with van der Waals surface area (Å²) in [6, 6.07) is 8.14. The lowest BCUT2D eigenvalue weighted by atomic mass is 9.96. The van der Waals surface area contributed by atoms with Crippen molar-refractivity contribution in [1.29, 1.82) is 0 Å². The van der Waals surface area contributed by atoms with Crippen molar-refractivity contribution in [2.75, 3.05) is 26.3 Å². The summed E-state index contributed by atoms with van der Waals surface area (Å²) in [5.74, 6) is 1.29. The van der Waals surface area contributed by atoms with Crippen LogP contribution in [0.1, 0.15) is 39.2 Å². The molecule has 3 heteroatoms. The lowest BCUT2D eigenvalue weighted by molar-refractivity contribution is 0.110. The van der Waals surface area contributed by atoms with Gasteiger partial charge >= 0.3 is 0 Å². The van der Waals surface area contributed by atoms with Gasteiger partial charge in [-0.1, -0.05) is 50.6 Å². The van der Waals surface area contributed by atoms with Crippen LogP contribution in [-0.4, -0.2) is 26.3 Å². The van der Waals surface area contributed by atoms with Crippen molar-refractivity contribution in [2.24, 2.45) is 11.8 Å². The SMILES string of the molecule is CCNCC(CCOCCC(C)C)Cc1ccccc1Cl. The Labute approximate surface area is 135 Å². The highest BCUT2D eigenvalue weighted by Crippen LogP contribution is 2.20. The first kappa shape index (κ1) is 18.5. The van der Waals surface area contributed by atoms with Gasteiger partial charge in [0.1, 0.15) is 0 Å². The number of nitrogens with one attached hydrogen (secondary N) is 1. The maximum absolute atomic E-state index is 6.27. The molecular formula is C18H30ClNO. The van der Waals surface area contributed by atoms with E-state index >= 15 is 0 Å². The van der Waals surface area contributed by atoms with Crippen molar-refractivity contribution in [3.8, 4) is 0 Å². The Bertz CT molecular complexity index is 381. The smallest absolute Gasteiger partial charge is 0.0469 e. The first-order valence-corrected chi connectivity index (χ1v) is 8.53. The topological polar surface area (TPSA) is 21.3 Å². The van der Waals surface area contributed by atoms with E-state index in [9.17, 15) is 0 Å². The Kier molecular flexibility index (Phi) is 9.73. The predicted octanol–water partition coefficient (Wildman–Crippen LogP) is 4.56. The fourth-order valence-electron chi connectivity index (χ4n) is 2.27. The van der Waals surface area contributed by atoms with Gasteiger partial charge in [-0.05, 0) is 55.8 Å². The highest BCUT2D eigenvalue weighted by molar-refractivity contribution is 6.31. The average Bonchev–Trinajstić information content (AvgIpc) is 2.46. The second-order valence-corrected chi connectivity index (χ2v) is 6.46. The zero-order valence-corrected chi connectivity index (χ0v) is 14.5. The van der Waals surface area contributed by atoms with Gasteiger partial charge in [0.2, 0.25) is 0 Å². The van der Waals surface area contributed by atoms with Gasteiger partial charge < -0.3 is 10.1 Å². The van der Waals surface area contributed by atoms with Crippen molar-refractivity contribution in [3.05, 3.63) is 34.9 Å². The molecule has 0 aliphatic rings. The molecule has 0 aliphatic carbocycles. The molecule has 1 unspecified atom stereocenters. The van der Waals surface area contributed by atoms with Crippen LogP contribution in [0.2, 0.25) is 5.02 Å². The number of hydrogen-bond acceptors (Lipinski definition) is 2. The van der Waals surface area contributed by atoms with Gasteiger partial charge in [0, 0.05) is 18.2 Å². The van der Waals surface area contributed by atoms with Crippen LogP contribution >= 0.6 is 11.6 Å². The monoisotopic (exact) mass is 311 g/mol. The minimum absolute atomic E-state index is 0.573. The van der Waals surface area contributed by atoms with Gasteiger partial charge in [-0.15, -0.1) is 0 Å². The molecule has 0 spiro atoms. The molecule has 0 aromatic heterocycles. The first-order valence-electron chi connectivity index (χ1n) is 8.15. The zero-order chi connectivity index (χ0) is 15.5. The van der Waals surface area contributed by atoms with Crippen molar-refractivity contribution in [3.63, 3.8) is 0 Å². The molecule has 0 heterocycles. The van der Waals surface area contributed by atoms with E-state index in [0.29, 0.717) is 11.8 Å². The van der Waals surface area contributed by atoms with E-state index in [4.69, 9.17) is 16.3 Å². The van der Waals surface area contributed by atoms with E-state index in [-0.39, 0.29) is 0 Å². The summed E-state index contributed by atoms with van der Waals surface area (Å²) >= 11 is 6.27. The second-order valence-electron chi connectivity index (χ2n) is 6.05. The van der Waals surface area contributed by atoms with Crippen LogP contribution in [0.5, 0.6) is 0 Å². The molecule has 21 heavy (non-hydrogen) atoms. The van der Waals surface area contributed by atoms with Crippen LogP contribution in [0, 0.1) is 11.8 Å². The van der Waals surface area contributed by atoms with Crippen LogP contribution in [0.15, 0.2) is 24.3 Å². The van der Waals surface area contributed by atoms with E-state index in [2.05, 4.69) is 38.2 Å². The molecule has 0 radical (unpaired) electrons. The standard InChI is InChI=1S/C18H30ClNO/c1-4-20-14-16(10-12-21-11-9-15(2)3)13-17-7-5-6-8-18(17)19/h5-8,15-16,20H,4,9-14H2,1-3H3. The summed E-state index contributed by atoms with van der Waals surface area (Å²) in [6.45, 7) is 10.3. The Morgan fingerprint density at radius 3 is 2.52 bits per heavy atom. The van der Waals surface area contributed by atoms with Crippen molar-refractivity contribution in [2.45, 2.75) is 40.0 Å². The molecule has 1 aromatic carbocycles. The maximum Gasteiger partial charge on any atom is 0.0469 e. The normalized spacial score (nSPS) is 12.8. The fraction of sp³-hybridized carbons (Fsp3) is 0.667. The lowest BCUT2D eigenvalue weighted by Crippen LogP contribution is -2.25. The Morgan fingerprint density at radius 1 is 1.14 bits per heavy atom. The highest BCUT2D eigenvalue weighted by atomic mass is 35.5. The van der Waals surface area contributed by atoms with Crippen LogP contribution in [0.3, 0.4) is 0 Å². The van der Waals surface area contributed by atoms with Gasteiger partial charge in [0.15, 0.2) is 0 Å². The zero-order valence-electron chi connectivity index (χ0n) is 13.7. The fourth-order valence-corrected chi connectivity index (χ4v) is 2.48. The molecule has 0 aliphatic heterocycles. The summed E-state index contributed by atoms with van der Waals surface area (Å²) < 4.78 is 5.76. The number of halogens is 1. The minimum Gasteiger partial charge on any atom is -0.381 e. The van der Waals surface area contributed by atoms with Crippen LogP contribution < -0.4 is 5.32 Å². The predicted molar refractivity (Wildman–Crippen MR) is 92.1 cm³/mol. The highest BCUT2D eigenvalue weighted by Gasteiger charge is 2.11. The van der Waals surface area contributed by atoms with E-state index in [1.54, 1.807) is 0 Å². The molecular weight excluding hydrogens is 282 g/mol. The van der Waals surface area contributed by atoms with Crippen LogP contribution in [0.25, 0.3) is 0 Å².